The van der Waals surface area contributed by atoms with Crippen LogP contribution in [0.2, 0.25) is 5.02 Å². The van der Waals surface area contributed by atoms with Gasteiger partial charge in [0.25, 0.3) is 0 Å². The van der Waals surface area contributed by atoms with Crippen molar-refractivity contribution in [1.29, 1.82) is 0 Å². The minimum absolute atomic E-state index is 0.202. The van der Waals surface area contributed by atoms with Gasteiger partial charge in [-0.05, 0) is 29.8 Å². The van der Waals surface area contributed by atoms with E-state index in [4.69, 9.17) is 21.1 Å². The molecule has 1 aliphatic heterocycles. The summed E-state index contributed by atoms with van der Waals surface area (Å²) in [6, 6.07) is 14.8. The molecule has 0 fully saturated rings. The van der Waals surface area contributed by atoms with Crippen LogP contribution < -0.4 is 14.8 Å². The summed E-state index contributed by atoms with van der Waals surface area (Å²) in [5, 5.41) is 8.83. The number of carbonyl (C=O) groups is 2. The Kier molecular flexibility index (Phi) is 7.59. The molecule has 0 saturated heterocycles. The number of rotatable bonds is 7. The molecule has 2 aromatic rings. The number of nitrogens with one attached hydrogen (secondary N) is 1. The summed E-state index contributed by atoms with van der Waals surface area (Å²) in [7, 11) is 0. The lowest BCUT2D eigenvalue weighted by Gasteiger charge is -2.19. The standard InChI is InChI=1S/C21H22ClN3O4S/c1-14(26)23-21-24-25(15(2)27)20(30-21)16-8-10-17(11-9-16)28-12-5-13-29-19-7-4-3-6-18(19)22/h3-4,6-11,20H,5,12-13H2,1-2H3,(H,23,24,26). The Morgan fingerprint density at radius 1 is 1.10 bits per heavy atom. The molecule has 1 unspecified atom stereocenters. The fourth-order valence-electron chi connectivity index (χ4n) is 2.70. The van der Waals surface area contributed by atoms with E-state index in [-0.39, 0.29) is 17.2 Å². The number of hydrazone groups is 1. The predicted molar refractivity (Wildman–Crippen MR) is 118 cm³/mol. The largest absolute Gasteiger partial charge is 0.493 e. The number of ether oxygens (including phenoxy) is 2. The lowest BCUT2D eigenvalue weighted by Crippen LogP contribution is -2.25. The van der Waals surface area contributed by atoms with E-state index in [9.17, 15) is 9.59 Å². The van der Waals surface area contributed by atoms with E-state index >= 15 is 0 Å². The van der Waals surface area contributed by atoms with Crippen LogP contribution in [0.4, 0.5) is 0 Å². The van der Waals surface area contributed by atoms with E-state index in [1.54, 1.807) is 6.07 Å². The van der Waals surface area contributed by atoms with Gasteiger partial charge in [-0.25, -0.2) is 5.01 Å². The van der Waals surface area contributed by atoms with Gasteiger partial charge in [0, 0.05) is 20.3 Å². The summed E-state index contributed by atoms with van der Waals surface area (Å²) >= 11 is 7.37. The van der Waals surface area contributed by atoms with Gasteiger partial charge < -0.3 is 14.8 Å². The quantitative estimate of drug-likeness (QED) is 0.644. The van der Waals surface area contributed by atoms with Crippen molar-refractivity contribution in [3.63, 3.8) is 0 Å². The van der Waals surface area contributed by atoms with Gasteiger partial charge in [-0.1, -0.05) is 47.6 Å². The van der Waals surface area contributed by atoms with Crippen LogP contribution >= 0.6 is 23.4 Å². The summed E-state index contributed by atoms with van der Waals surface area (Å²) in [6.45, 7) is 3.84. The first-order valence-corrected chi connectivity index (χ1v) is 10.6. The number of nitrogens with zero attached hydrogens (tertiary/aromatic N) is 2. The molecule has 1 atom stereocenters. The van der Waals surface area contributed by atoms with Crippen molar-refractivity contribution < 1.29 is 19.1 Å². The molecular weight excluding hydrogens is 426 g/mol. The highest BCUT2D eigenvalue weighted by molar-refractivity contribution is 8.14. The number of thioether (sulfide) groups is 1. The maximum absolute atomic E-state index is 11.9. The summed E-state index contributed by atoms with van der Waals surface area (Å²) in [6.07, 6.45) is 0.706. The van der Waals surface area contributed by atoms with Crippen LogP contribution in [0.25, 0.3) is 0 Å². The van der Waals surface area contributed by atoms with Gasteiger partial charge in [-0.15, -0.1) is 5.10 Å². The molecule has 2 aromatic carbocycles. The van der Waals surface area contributed by atoms with Gasteiger partial charge in [0.2, 0.25) is 11.8 Å². The average Bonchev–Trinajstić information content (AvgIpc) is 3.13. The Hall–Kier alpha value is -2.71. The van der Waals surface area contributed by atoms with Crippen LogP contribution in [0.3, 0.4) is 0 Å². The molecule has 0 radical (unpaired) electrons. The predicted octanol–water partition coefficient (Wildman–Crippen LogP) is 4.19. The third kappa shape index (κ3) is 5.90. The smallest absolute Gasteiger partial charge is 0.241 e. The Bertz CT molecular complexity index is 936. The topological polar surface area (TPSA) is 80.2 Å². The zero-order valence-corrected chi connectivity index (χ0v) is 18.2. The maximum atomic E-state index is 11.9. The molecule has 0 aromatic heterocycles. The third-order valence-corrected chi connectivity index (χ3v) is 5.48. The van der Waals surface area contributed by atoms with Gasteiger partial charge in [-0.2, -0.15) is 0 Å². The molecule has 30 heavy (non-hydrogen) atoms. The molecule has 0 saturated carbocycles. The number of hydrogen-bond acceptors (Lipinski definition) is 6. The van der Waals surface area contributed by atoms with Crippen LogP contribution in [-0.2, 0) is 9.59 Å². The molecule has 1 N–H and O–H groups in total. The SMILES string of the molecule is CC(=O)NC1=NN(C(C)=O)C(c2ccc(OCCCOc3ccccc3Cl)cc2)S1. The number of hydrogen-bond donors (Lipinski definition) is 1. The second-order valence-corrected chi connectivity index (χ2v) is 7.95. The fourth-order valence-corrected chi connectivity index (χ4v) is 4.03. The molecule has 9 heteroatoms. The van der Waals surface area contributed by atoms with E-state index in [1.165, 1.54) is 30.6 Å². The Labute approximate surface area is 184 Å². The minimum Gasteiger partial charge on any atom is -0.493 e. The summed E-state index contributed by atoms with van der Waals surface area (Å²) in [4.78, 5) is 23.2. The number of halogens is 1. The first kappa shape index (κ1) is 22.0. The molecule has 2 amide bonds. The van der Waals surface area contributed by atoms with Crippen molar-refractivity contribution in [1.82, 2.24) is 10.3 Å². The number of amides is 2. The second-order valence-electron chi connectivity index (χ2n) is 6.47. The molecule has 7 nitrogen and oxygen atoms in total. The van der Waals surface area contributed by atoms with Gasteiger partial charge in [0.15, 0.2) is 5.17 Å². The van der Waals surface area contributed by atoms with Crippen molar-refractivity contribution in [3.8, 4) is 11.5 Å². The van der Waals surface area contributed by atoms with Crippen molar-refractivity contribution in [2.24, 2.45) is 5.10 Å². The van der Waals surface area contributed by atoms with E-state index in [0.717, 1.165) is 11.3 Å². The lowest BCUT2D eigenvalue weighted by molar-refractivity contribution is -0.129. The van der Waals surface area contributed by atoms with Crippen LogP contribution in [0.15, 0.2) is 53.6 Å². The van der Waals surface area contributed by atoms with Crippen molar-refractivity contribution in [3.05, 3.63) is 59.1 Å². The molecule has 158 valence electrons. The minimum atomic E-state index is -0.331. The molecular formula is C21H22ClN3O4S. The van der Waals surface area contributed by atoms with Crippen LogP contribution in [-0.4, -0.2) is 35.2 Å². The number of para-hydroxylation sites is 1. The first-order chi connectivity index (χ1) is 14.4. The number of benzene rings is 2. The van der Waals surface area contributed by atoms with Crippen LogP contribution in [0.5, 0.6) is 11.5 Å². The monoisotopic (exact) mass is 447 g/mol. The van der Waals surface area contributed by atoms with Crippen LogP contribution in [0.1, 0.15) is 31.2 Å². The van der Waals surface area contributed by atoms with E-state index in [1.807, 2.05) is 42.5 Å². The molecule has 0 aliphatic carbocycles. The van der Waals surface area contributed by atoms with Gasteiger partial charge in [0.05, 0.1) is 18.2 Å². The highest BCUT2D eigenvalue weighted by Crippen LogP contribution is 2.39. The number of amidine groups is 1. The first-order valence-electron chi connectivity index (χ1n) is 9.37. The zero-order valence-electron chi connectivity index (χ0n) is 16.6. The summed E-state index contributed by atoms with van der Waals surface area (Å²) in [5.41, 5.74) is 0.883. The average molecular weight is 448 g/mol. The van der Waals surface area contributed by atoms with Gasteiger partial charge in [-0.3, -0.25) is 9.59 Å². The van der Waals surface area contributed by atoms with E-state index in [2.05, 4.69) is 10.4 Å². The Balaban J connectivity index is 1.49. The molecule has 1 aliphatic rings. The highest BCUT2D eigenvalue weighted by atomic mass is 35.5. The second kappa shape index (κ2) is 10.4. The third-order valence-electron chi connectivity index (χ3n) is 4.07. The summed E-state index contributed by atoms with van der Waals surface area (Å²) < 4.78 is 11.4. The molecule has 3 rings (SSSR count). The Morgan fingerprint density at radius 3 is 2.47 bits per heavy atom. The zero-order chi connectivity index (χ0) is 21.5. The van der Waals surface area contributed by atoms with Gasteiger partial charge >= 0.3 is 0 Å². The fraction of sp³-hybridized carbons (Fsp3) is 0.286. The normalized spacial score (nSPS) is 15.5. The molecule has 0 spiro atoms. The van der Waals surface area contributed by atoms with Crippen molar-refractivity contribution in [2.75, 3.05) is 13.2 Å². The van der Waals surface area contributed by atoms with Gasteiger partial charge in [0.1, 0.15) is 16.9 Å². The van der Waals surface area contributed by atoms with Crippen molar-refractivity contribution >= 4 is 40.3 Å². The Morgan fingerprint density at radius 2 is 1.80 bits per heavy atom. The van der Waals surface area contributed by atoms with Crippen molar-refractivity contribution in [2.45, 2.75) is 25.6 Å². The molecule has 1 heterocycles. The lowest BCUT2D eigenvalue weighted by atomic mass is 10.2. The number of carbonyl (C=O) groups excluding carboxylic acids is 2. The molecule has 0 bridgehead atoms. The maximum Gasteiger partial charge on any atom is 0.241 e. The summed E-state index contributed by atoms with van der Waals surface area (Å²) in [5.74, 6) is 0.949. The van der Waals surface area contributed by atoms with Crippen LogP contribution in [0, 0.1) is 0 Å². The van der Waals surface area contributed by atoms with E-state index in [0.29, 0.717) is 35.6 Å². The highest BCUT2D eigenvalue weighted by Gasteiger charge is 2.32. The van der Waals surface area contributed by atoms with E-state index < -0.39 is 0 Å².